The molecule has 22 heavy (non-hydrogen) atoms. The first-order valence-electron chi connectivity index (χ1n) is 6.70. The van der Waals surface area contributed by atoms with E-state index in [2.05, 4.69) is 0 Å². The molecule has 1 fully saturated rings. The number of hydrogen-bond acceptors (Lipinski definition) is 7. The molecule has 2 heterocycles. The fourth-order valence-corrected chi connectivity index (χ4v) is 3.54. The SMILES string of the molecule is CS(=O)(=O)CCN1CCN(C(=O)c2ccc([N+](=O)[O-])s2)CC1. The van der Waals surface area contributed by atoms with Crippen LogP contribution in [0.1, 0.15) is 9.67 Å². The van der Waals surface area contributed by atoms with Gasteiger partial charge in [-0.3, -0.25) is 19.8 Å². The topological polar surface area (TPSA) is 101 Å². The Labute approximate surface area is 132 Å². The van der Waals surface area contributed by atoms with Crippen molar-refractivity contribution in [3.8, 4) is 0 Å². The minimum Gasteiger partial charge on any atom is -0.335 e. The minimum atomic E-state index is -2.99. The van der Waals surface area contributed by atoms with Crippen molar-refractivity contribution in [2.45, 2.75) is 0 Å². The van der Waals surface area contributed by atoms with E-state index in [0.29, 0.717) is 37.6 Å². The Bertz CT molecular complexity index is 662. The Kier molecular flexibility index (Phi) is 5.14. The maximum atomic E-state index is 12.3. The average molecular weight is 347 g/mol. The molecule has 10 heteroatoms. The number of piperazine rings is 1. The first-order valence-corrected chi connectivity index (χ1v) is 9.57. The number of nitrogens with zero attached hydrogens (tertiary/aromatic N) is 3. The summed E-state index contributed by atoms with van der Waals surface area (Å²) in [6.07, 6.45) is 1.20. The van der Waals surface area contributed by atoms with Gasteiger partial charge in [-0.25, -0.2) is 8.42 Å². The van der Waals surface area contributed by atoms with Gasteiger partial charge in [0.2, 0.25) is 0 Å². The molecule has 1 aliphatic heterocycles. The third-order valence-corrected chi connectivity index (χ3v) is 5.37. The zero-order valence-corrected chi connectivity index (χ0v) is 13.7. The van der Waals surface area contributed by atoms with Crippen molar-refractivity contribution in [2.75, 3.05) is 44.7 Å². The van der Waals surface area contributed by atoms with Gasteiger partial charge in [-0.2, -0.15) is 0 Å². The van der Waals surface area contributed by atoms with Crippen molar-refractivity contribution in [1.29, 1.82) is 0 Å². The van der Waals surface area contributed by atoms with E-state index in [9.17, 15) is 23.3 Å². The number of amides is 1. The highest BCUT2D eigenvalue weighted by Gasteiger charge is 2.25. The molecule has 0 N–H and O–H groups in total. The van der Waals surface area contributed by atoms with Crippen molar-refractivity contribution in [1.82, 2.24) is 9.80 Å². The van der Waals surface area contributed by atoms with Crippen LogP contribution in [0.3, 0.4) is 0 Å². The molecule has 1 amide bonds. The molecule has 1 aromatic heterocycles. The minimum absolute atomic E-state index is 0.0462. The van der Waals surface area contributed by atoms with Crippen LogP contribution in [0.4, 0.5) is 5.00 Å². The zero-order chi connectivity index (χ0) is 16.3. The van der Waals surface area contributed by atoms with Crippen molar-refractivity contribution in [3.63, 3.8) is 0 Å². The second kappa shape index (κ2) is 6.71. The lowest BCUT2D eigenvalue weighted by atomic mass is 10.3. The van der Waals surface area contributed by atoms with Crippen LogP contribution in [0.25, 0.3) is 0 Å². The van der Waals surface area contributed by atoms with Gasteiger partial charge in [0.1, 0.15) is 9.84 Å². The fraction of sp³-hybridized carbons (Fsp3) is 0.583. The van der Waals surface area contributed by atoms with E-state index in [1.807, 2.05) is 4.90 Å². The van der Waals surface area contributed by atoms with E-state index in [1.165, 1.54) is 18.4 Å². The van der Waals surface area contributed by atoms with Crippen molar-refractivity contribution < 1.29 is 18.1 Å². The molecule has 0 bridgehead atoms. The largest absolute Gasteiger partial charge is 0.335 e. The predicted octanol–water partition coefficient (Wildman–Crippen LogP) is 0.459. The molecule has 0 unspecified atom stereocenters. The Hall–Kier alpha value is -1.52. The molecule has 2 rings (SSSR count). The van der Waals surface area contributed by atoms with Crippen molar-refractivity contribution in [2.24, 2.45) is 0 Å². The van der Waals surface area contributed by atoms with Gasteiger partial charge in [0.25, 0.3) is 5.91 Å². The number of carbonyl (C=O) groups is 1. The average Bonchev–Trinajstić information content (AvgIpc) is 2.94. The number of hydrogen-bond donors (Lipinski definition) is 0. The summed E-state index contributed by atoms with van der Waals surface area (Å²) in [6, 6.07) is 2.81. The second-order valence-electron chi connectivity index (χ2n) is 5.16. The van der Waals surface area contributed by atoms with Gasteiger partial charge in [-0.15, -0.1) is 0 Å². The summed E-state index contributed by atoms with van der Waals surface area (Å²) in [6.45, 7) is 2.66. The summed E-state index contributed by atoms with van der Waals surface area (Å²) in [5.41, 5.74) is 0. The van der Waals surface area contributed by atoms with Gasteiger partial charge >= 0.3 is 5.00 Å². The smallest absolute Gasteiger partial charge is 0.324 e. The standard InChI is InChI=1S/C12H17N3O5S2/c1-22(19,20)9-8-13-4-6-14(7-5-13)12(16)10-2-3-11(21-10)15(17)18/h2-3H,4-9H2,1H3. The van der Waals surface area contributed by atoms with Gasteiger partial charge in [-0.1, -0.05) is 11.3 Å². The first kappa shape index (κ1) is 16.8. The van der Waals surface area contributed by atoms with E-state index in [0.717, 1.165) is 11.3 Å². The van der Waals surface area contributed by atoms with Crippen LogP contribution in [0, 0.1) is 10.1 Å². The molecule has 1 aliphatic rings. The van der Waals surface area contributed by atoms with Crippen LogP contribution in [-0.4, -0.2) is 73.8 Å². The lowest BCUT2D eigenvalue weighted by Crippen LogP contribution is -2.49. The van der Waals surface area contributed by atoms with Gasteiger partial charge < -0.3 is 4.90 Å². The summed E-state index contributed by atoms with van der Waals surface area (Å²) in [5.74, 6) is -0.0983. The molecule has 1 aromatic rings. The number of thiophene rings is 1. The molecule has 0 aliphatic carbocycles. The van der Waals surface area contributed by atoms with Crippen molar-refractivity contribution >= 4 is 32.1 Å². The van der Waals surface area contributed by atoms with Crippen LogP contribution >= 0.6 is 11.3 Å². The van der Waals surface area contributed by atoms with Crippen LogP contribution in [0.15, 0.2) is 12.1 Å². The van der Waals surface area contributed by atoms with E-state index < -0.39 is 14.8 Å². The molecular weight excluding hydrogens is 330 g/mol. The van der Waals surface area contributed by atoms with Crippen LogP contribution < -0.4 is 0 Å². The van der Waals surface area contributed by atoms with E-state index >= 15 is 0 Å². The third-order valence-electron chi connectivity index (χ3n) is 3.42. The first-order chi connectivity index (χ1) is 10.3. The molecule has 122 valence electrons. The maximum Gasteiger partial charge on any atom is 0.324 e. The number of nitro groups is 1. The molecule has 0 spiro atoms. The summed E-state index contributed by atoms with van der Waals surface area (Å²) >= 11 is 0.874. The van der Waals surface area contributed by atoms with E-state index in [-0.39, 0.29) is 16.7 Å². The summed E-state index contributed by atoms with van der Waals surface area (Å²) in [4.78, 5) is 26.4. The molecule has 0 atom stereocenters. The molecule has 0 radical (unpaired) electrons. The monoisotopic (exact) mass is 347 g/mol. The second-order valence-corrected chi connectivity index (χ2v) is 8.48. The van der Waals surface area contributed by atoms with Crippen LogP contribution in [0.2, 0.25) is 0 Å². The Morgan fingerprint density at radius 2 is 1.95 bits per heavy atom. The van der Waals surface area contributed by atoms with Crippen LogP contribution in [0.5, 0.6) is 0 Å². The number of carbonyl (C=O) groups excluding carboxylic acids is 1. The van der Waals surface area contributed by atoms with E-state index in [1.54, 1.807) is 4.90 Å². The Morgan fingerprint density at radius 1 is 1.32 bits per heavy atom. The molecule has 8 nitrogen and oxygen atoms in total. The Balaban J connectivity index is 1.88. The predicted molar refractivity (Wildman–Crippen MR) is 83.0 cm³/mol. The molecule has 1 saturated heterocycles. The lowest BCUT2D eigenvalue weighted by Gasteiger charge is -2.34. The lowest BCUT2D eigenvalue weighted by molar-refractivity contribution is -0.380. The van der Waals surface area contributed by atoms with Gasteiger partial charge in [0, 0.05) is 45.0 Å². The highest BCUT2D eigenvalue weighted by Crippen LogP contribution is 2.25. The van der Waals surface area contributed by atoms with Gasteiger partial charge in [0.15, 0.2) is 0 Å². The van der Waals surface area contributed by atoms with Crippen molar-refractivity contribution in [3.05, 3.63) is 27.1 Å². The number of sulfone groups is 1. The third kappa shape index (κ3) is 4.49. The zero-order valence-electron chi connectivity index (χ0n) is 12.1. The highest BCUT2D eigenvalue weighted by atomic mass is 32.2. The molecule has 0 saturated carbocycles. The maximum absolute atomic E-state index is 12.3. The van der Waals surface area contributed by atoms with Gasteiger partial charge in [-0.05, 0) is 6.07 Å². The van der Waals surface area contributed by atoms with Gasteiger partial charge in [0.05, 0.1) is 15.6 Å². The van der Waals surface area contributed by atoms with Crippen LogP contribution in [-0.2, 0) is 9.84 Å². The van der Waals surface area contributed by atoms with E-state index in [4.69, 9.17) is 0 Å². The summed E-state index contributed by atoms with van der Waals surface area (Å²) in [5, 5.41) is 10.6. The Morgan fingerprint density at radius 3 is 2.45 bits per heavy atom. The summed E-state index contributed by atoms with van der Waals surface area (Å²) < 4.78 is 22.3. The fourth-order valence-electron chi connectivity index (χ4n) is 2.17. The quantitative estimate of drug-likeness (QED) is 0.566. The highest BCUT2D eigenvalue weighted by molar-refractivity contribution is 7.90. The molecular formula is C12H17N3O5S2. The number of rotatable bonds is 5. The molecule has 0 aromatic carbocycles. The summed E-state index contributed by atoms with van der Waals surface area (Å²) in [7, 11) is -2.99. The normalized spacial score (nSPS) is 16.7.